The predicted octanol–water partition coefficient (Wildman–Crippen LogP) is 1.36. The van der Waals surface area contributed by atoms with Crippen LogP contribution in [0.25, 0.3) is 0 Å². The Labute approximate surface area is 121 Å². The molecule has 108 valence electrons. The molecule has 0 aliphatic carbocycles. The number of rotatable bonds is 4. The predicted molar refractivity (Wildman–Crippen MR) is 76.8 cm³/mol. The van der Waals surface area contributed by atoms with Gasteiger partial charge in [-0.1, -0.05) is 25.1 Å². The smallest absolute Gasteiger partial charge is 0.252 e. The first-order valence-corrected chi connectivity index (χ1v) is 6.77. The second-order valence-corrected chi connectivity index (χ2v) is 4.80. The summed E-state index contributed by atoms with van der Waals surface area (Å²) in [5, 5.41) is 9.41. The minimum absolute atomic E-state index is 0.0280. The van der Waals surface area contributed by atoms with Crippen LogP contribution in [0.1, 0.15) is 24.9 Å². The maximum absolute atomic E-state index is 12.2. The van der Waals surface area contributed by atoms with E-state index in [1.807, 2.05) is 31.2 Å². The summed E-state index contributed by atoms with van der Waals surface area (Å²) in [5.41, 5.74) is 1.84. The maximum atomic E-state index is 12.2. The number of aryl methyl sites for hydroxylation is 1. The molecule has 2 heterocycles. The molecule has 2 aromatic rings. The zero-order valence-electron chi connectivity index (χ0n) is 11.5. The van der Waals surface area contributed by atoms with Gasteiger partial charge in [0.1, 0.15) is 12.4 Å². The van der Waals surface area contributed by atoms with Crippen molar-refractivity contribution in [2.45, 2.75) is 25.8 Å². The molecule has 0 radical (unpaired) electrons. The van der Waals surface area contributed by atoms with Gasteiger partial charge in [-0.05, 0) is 18.1 Å². The summed E-state index contributed by atoms with van der Waals surface area (Å²) in [6.45, 7) is 2.02. The molecule has 0 fully saturated rings. The number of aromatic nitrogens is 3. The lowest BCUT2D eigenvalue weighted by Gasteiger charge is -2.12. The fourth-order valence-corrected chi connectivity index (χ4v) is 2.38. The highest BCUT2D eigenvalue weighted by atomic mass is 16.2. The zero-order chi connectivity index (χ0) is 14.8. The van der Waals surface area contributed by atoms with Gasteiger partial charge in [-0.3, -0.25) is 14.9 Å². The third kappa shape index (κ3) is 2.49. The summed E-state index contributed by atoms with van der Waals surface area (Å²) in [6.07, 6.45) is 2.21. The molecule has 2 N–H and O–H groups in total. The van der Waals surface area contributed by atoms with Crippen molar-refractivity contribution < 1.29 is 9.59 Å². The number of carbonyl (C=O) groups excluding carboxylic acids is 2. The van der Waals surface area contributed by atoms with E-state index in [2.05, 4.69) is 20.7 Å². The number of benzene rings is 1. The lowest BCUT2D eigenvalue weighted by Crippen LogP contribution is -2.23. The third-order valence-corrected chi connectivity index (χ3v) is 3.46. The molecule has 2 amide bonds. The van der Waals surface area contributed by atoms with Crippen molar-refractivity contribution >= 4 is 23.5 Å². The van der Waals surface area contributed by atoms with Gasteiger partial charge in [-0.25, -0.2) is 4.68 Å². The number of nitrogens with one attached hydrogen (secondary N) is 2. The number of hydrogen-bond acceptors (Lipinski definition) is 4. The van der Waals surface area contributed by atoms with E-state index in [4.69, 9.17) is 0 Å². The van der Waals surface area contributed by atoms with Crippen LogP contribution in [0, 0.1) is 0 Å². The van der Waals surface area contributed by atoms with E-state index in [1.165, 1.54) is 11.0 Å². The number of amides is 2. The molecule has 0 saturated heterocycles. The SMILES string of the molecule is CCc1ccccc1NC(=O)C[C@@H]1C(=O)Nc2ncnn21. The van der Waals surface area contributed by atoms with Crippen molar-refractivity contribution in [3.63, 3.8) is 0 Å². The van der Waals surface area contributed by atoms with E-state index in [-0.39, 0.29) is 18.2 Å². The van der Waals surface area contributed by atoms with Crippen LogP contribution >= 0.6 is 0 Å². The Morgan fingerprint density at radius 2 is 2.24 bits per heavy atom. The molecule has 0 unspecified atom stereocenters. The van der Waals surface area contributed by atoms with E-state index >= 15 is 0 Å². The zero-order valence-corrected chi connectivity index (χ0v) is 11.5. The second kappa shape index (κ2) is 5.35. The fourth-order valence-electron chi connectivity index (χ4n) is 2.38. The summed E-state index contributed by atoms with van der Waals surface area (Å²) in [6, 6.07) is 6.98. The van der Waals surface area contributed by atoms with E-state index < -0.39 is 6.04 Å². The molecule has 1 aliphatic heterocycles. The van der Waals surface area contributed by atoms with Gasteiger partial charge >= 0.3 is 0 Å². The quantitative estimate of drug-likeness (QED) is 0.887. The van der Waals surface area contributed by atoms with Gasteiger partial charge in [0.25, 0.3) is 5.91 Å². The molecule has 21 heavy (non-hydrogen) atoms. The first-order valence-electron chi connectivity index (χ1n) is 6.77. The molecule has 7 nitrogen and oxygen atoms in total. The first kappa shape index (κ1) is 13.3. The molecular weight excluding hydrogens is 270 g/mol. The summed E-state index contributed by atoms with van der Waals surface area (Å²) >= 11 is 0. The van der Waals surface area contributed by atoms with Crippen LogP contribution in [-0.4, -0.2) is 26.6 Å². The largest absolute Gasteiger partial charge is 0.326 e. The number of nitrogens with zero attached hydrogens (tertiary/aromatic N) is 3. The average Bonchev–Trinajstić information content (AvgIpc) is 3.03. The molecule has 1 aromatic heterocycles. The minimum Gasteiger partial charge on any atom is -0.326 e. The highest BCUT2D eigenvalue weighted by Crippen LogP contribution is 2.24. The fraction of sp³-hybridized carbons (Fsp3) is 0.286. The van der Waals surface area contributed by atoms with Gasteiger partial charge in [0.2, 0.25) is 11.9 Å². The molecule has 1 aliphatic rings. The van der Waals surface area contributed by atoms with Crippen molar-refractivity contribution in [3.8, 4) is 0 Å². The molecule has 3 rings (SSSR count). The lowest BCUT2D eigenvalue weighted by molar-refractivity contribution is -0.123. The monoisotopic (exact) mass is 285 g/mol. The van der Waals surface area contributed by atoms with Crippen molar-refractivity contribution in [3.05, 3.63) is 36.2 Å². The van der Waals surface area contributed by atoms with Crippen LogP contribution in [0.4, 0.5) is 11.6 Å². The van der Waals surface area contributed by atoms with Crippen molar-refractivity contribution in [1.29, 1.82) is 0 Å². The van der Waals surface area contributed by atoms with E-state index in [9.17, 15) is 9.59 Å². The lowest BCUT2D eigenvalue weighted by atomic mass is 10.1. The Morgan fingerprint density at radius 3 is 3.05 bits per heavy atom. The van der Waals surface area contributed by atoms with E-state index in [0.717, 1.165) is 17.7 Å². The standard InChI is InChI=1S/C14H15N5O2/c1-2-9-5-3-4-6-10(9)17-12(20)7-11-13(21)18-14-15-8-16-19(11)14/h3-6,8,11H,2,7H2,1H3,(H,17,20)(H,15,16,18,21)/t11-/m1/s1. The summed E-state index contributed by atoms with van der Waals surface area (Å²) in [7, 11) is 0. The minimum atomic E-state index is -0.642. The summed E-state index contributed by atoms with van der Waals surface area (Å²) in [4.78, 5) is 27.9. The molecule has 0 bridgehead atoms. The van der Waals surface area contributed by atoms with Crippen LogP contribution in [-0.2, 0) is 16.0 Å². The highest BCUT2D eigenvalue weighted by molar-refractivity contribution is 6.01. The van der Waals surface area contributed by atoms with E-state index in [1.54, 1.807) is 0 Å². The summed E-state index contributed by atoms with van der Waals surface area (Å²) in [5.74, 6) is -0.101. The number of fused-ring (bicyclic) bond motifs is 1. The van der Waals surface area contributed by atoms with Gasteiger partial charge in [-0.2, -0.15) is 10.1 Å². The van der Waals surface area contributed by atoms with Crippen LogP contribution < -0.4 is 10.6 Å². The Morgan fingerprint density at radius 1 is 1.43 bits per heavy atom. The molecule has 1 atom stereocenters. The average molecular weight is 285 g/mol. The molecule has 0 spiro atoms. The van der Waals surface area contributed by atoms with Crippen LogP contribution in [0.3, 0.4) is 0 Å². The number of para-hydroxylation sites is 1. The Hall–Kier alpha value is -2.70. The van der Waals surface area contributed by atoms with Gasteiger partial charge in [0, 0.05) is 5.69 Å². The molecule has 1 aromatic carbocycles. The molecule has 0 saturated carbocycles. The Bertz CT molecular complexity index is 694. The van der Waals surface area contributed by atoms with Crippen LogP contribution in [0.5, 0.6) is 0 Å². The van der Waals surface area contributed by atoms with Gasteiger partial charge in [-0.15, -0.1) is 0 Å². The number of anilines is 2. The van der Waals surface area contributed by atoms with Crippen molar-refractivity contribution in [2.24, 2.45) is 0 Å². The van der Waals surface area contributed by atoms with E-state index in [0.29, 0.717) is 5.95 Å². The normalized spacial score (nSPS) is 16.4. The Balaban J connectivity index is 1.71. The van der Waals surface area contributed by atoms with Gasteiger partial charge in [0.05, 0.1) is 6.42 Å². The highest BCUT2D eigenvalue weighted by Gasteiger charge is 2.33. The van der Waals surface area contributed by atoms with Gasteiger partial charge in [0.15, 0.2) is 0 Å². The topological polar surface area (TPSA) is 88.9 Å². The third-order valence-electron chi connectivity index (χ3n) is 3.46. The Kier molecular flexibility index (Phi) is 3.39. The number of carbonyl (C=O) groups is 2. The summed E-state index contributed by atoms with van der Waals surface area (Å²) < 4.78 is 1.44. The van der Waals surface area contributed by atoms with Crippen molar-refractivity contribution in [2.75, 3.05) is 10.6 Å². The first-order chi connectivity index (χ1) is 10.2. The molecule has 7 heteroatoms. The molecular formula is C14H15N5O2. The van der Waals surface area contributed by atoms with Gasteiger partial charge < -0.3 is 5.32 Å². The van der Waals surface area contributed by atoms with Crippen molar-refractivity contribution in [1.82, 2.24) is 14.8 Å². The maximum Gasteiger partial charge on any atom is 0.252 e. The second-order valence-electron chi connectivity index (χ2n) is 4.80. The number of hydrogen-bond donors (Lipinski definition) is 2. The van der Waals surface area contributed by atoms with Crippen LogP contribution in [0.15, 0.2) is 30.6 Å². The van der Waals surface area contributed by atoms with Crippen LogP contribution in [0.2, 0.25) is 0 Å².